The van der Waals surface area contributed by atoms with Gasteiger partial charge in [-0.3, -0.25) is 4.79 Å². The molecule has 5 nitrogen and oxygen atoms in total. The van der Waals surface area contributed by atoms with Crippen LogP contribution in [-0.2, 0) is 10.2 Å². The minimum Gasteiger partial charge on any atom is -0.496 e. The predicted molar refractivity (Wildman–Crippen MR) is 66.9 cm³/mol. The first kappa shape index (κ1) is 12.1. The summed E-state index contributed by atoms with van der Waals surface area (Å²) in [6.45, 7) is 0.169. The molecule has 0 saturated heterocycles. The van der Waals surface area contributed by atoms with E-state index in [2.05, 4.69) is 0 Å². The molecule has 1 aliphatic carbocycles. The molecule has 0 atom stereocenters. The number of hydrogen-bond acceptors (Lipinski definition) is 4. The minimum atomic E-state index is -0.855. The van der Waals surface area contributed by atoms with Gasteiger partial charge in [0.15, 0.2) is 11.5 Å². The van der Waals surface area contributed by atoms with Crippen molar-refractivity contribution in [2.45, 2.75) is 31.1 Å². The molecule has 3 rings (SSSR count). The third-order valence-corrected chi connectivity index (χ3v) is 4.08. The molecule has 102 valence electrons. The Bertz CT molecular complexity index is 517. The fraction of sp³-hybridized carbons (Fsp3) is 0.500. The van der Waals surface area contributed by atoms with Gasteiger partial charge in [-0.25, -0.2) is 0 Å². The van der Waals surface area contributed by atoms with Gasteiger partial charge in [0, 0.05) is 11.6 Å². The third-order valence-electron chi connectivity index (χ3n) is 4.08. The number of fused-ring (bicyclic) bond motifs is 1. The van der Waals surface area contributed by atoms with Crippen molar-refractivity contribution < 1.29 is 24.1 Å². The number of benzene rings is 1. The lowest BCUT2D eigenvalue weighted by molar-refractivity contribution is -0.143. The Morgan fingerprint density at radius 1 is 1.26 bits per heavy atom. The summed E-state index contributed by atoms with van der Waals surface area (Å²) >= 11 is 0. The van der Waals surface area contributed by atoms with E-state index in [0.29, 0.717) is 35.7 Å². The summed E-state index contributed by atoms with van der Waals surface area (Å²) in [6.07, 6.45) is 3.12. The Morgan fingerprint density at radius 3 is 2.47 bits per heavy atom. The van der Waals surface area contributed by atoms with Crippen LogP contribution in [0.3, 0.4) is 0 Å². The zero-order valence-electron chi connectivity index (χ0n) is 10.8. The number of ether oxygens (including phenoxy) is 3. The summed E-state index contributed by atoms with van der Waals surface area (Å²) in [5.41, 5.74) is -0.156. The van der Waals surface area contributed by atoms with Crippen LogP contribution in [0.1, 0.15) is 31.2 Å². The molecular weight excluding hydrogens is 248 g/mol. The smallest absolute Gasteiger partial charge is 0.314 e. The highest BCUT2D eigenvalue weighted by atomic mass is 16.7. The molecule has 1 fully saturated rings. The molecule has 1 aromatic carbocycles. The summed E-state index contributed by atoms with van der Waals surface area (Å²) in [4.78, 5) is 11.8. The zero-order chi connectivity index (χ0) is 13.5. The largest absolute Gasteiger partial charge is 0.496 e. The van der Waals surface area contributed by atoms with Gasteiger partial charge in [0.05, 0.1) is 12.5 Å². The summed E-state index contributed by atoms with van der Waals surface area (Å²) in [7, 11) is 1.55. The van der Waals surface area contributed by atoms with Gasteiger partial charge in [0.25, 0.3) is 0 Å². The Hall–Kier alpha value is -1.91. The number of aliphatic carboxylic acids is 1. The molecule has 1 heterocycles. The van der Waals surface area contributed by atoms with Gasteiger partial charge >= 0.3 is 5.97 Å². The topological polar surface area (TPSA) is 65.0 Å². The molecule has 19 heavy (non-hydrogen) atoms. The first-order valence-corrected chi connectivity index (χ1v) is 6.39. The Kier molecular flexibility index (Phi) is 2.77. The summed E-state index contributed by atoms with van der Waals surface area (Å²) < 4.78 is 16.0. The lowest BCUT2D eigenvalue weighted by atomic mass is 9.78. The monoisotopic (exact) mass is 264 g/mol. The highest BCUT2D eigenvalue weighted by molar-refractivity contribution is 5.83. The second-order valence-corrected chi connectivity index (χ2v) is 5.00. The predicted octanol–water partition coefficient (Wildman–Crippen LogP) is 2.32. The zero-order valence-corrected chi connectivity index (χ0v) is 10.8. The van der Waals surface area contributed by atoms with E-state index < -0.39 is 11.4 Å². The van der Waals surface area contributed by atoms with E-state index in [0.717, 1.165) is 12.8 Å². The van der Waals surface area contributed by atoms with Crippen LogP contribution >= 0.6 is 0 Å². The van der Waals surface area contributed by atoms with Gasteiger partial charge in [0.1, 0.15) is 5.75 Å². The molecule has 0 bridgehead atoms. The fourth-order valence-corrected chi connectivity index (χ4v) is 3.04. The molecule has 1 saturated carbocycles. The maximum atomic E-state index is 11.8. The highest BCUT2D eigenvalue weighted by Gasteiger charge is 2.45. The molecular formula is C14H16O5. The van der Waals surface area contributed by atoms with Crippen molar-refractivity contribution in [2.75, 3.05) is 13.9 Å². The van der Waals surface area contributed by atoms with Crippen LogP contribution < -0.4 is 14.2 Å². The highest BCUT2D eigenvalue weighted by Crippen LogP contribution is 2.49. The molecule has 0 spiro atoms. The molecule has 0 amide bonds. The molecule has 0 aromatic heterocycles. The SMILES string of the molecule is COc1cc2c(cc1C1(C(=O)O)CCCC1)OCO2. The van der Waals surface area contributed by atoms with Gasteiger partial charge in [-0.15, -0.1) is 0 Å². The lowest BCUT2D eigenvalue weighted by Crippen LogP contribution is -2.33. The maximum Gasteiger partial charge on any atom is 0.314 e. The van der Waals surface area contributed by atoms with Gasteiger partial charge in [-0.2, -0.15) is 0 Å². The number of carboxylic acid groups (broad SMARTS) is 1. The summed E-state index contributed by atoms with van der Waals surface area (Å²) in [5.74, 6) is 0.984. The van der Waals surface area contributed by atoms with E-state index in [4.69, 9.17) is 14.2 Å². The first-order valence-electron chi connectivity index (χ1n) is 6.39. The number of carboxylic acids is 1. The molecule has 2 aliphatic rings. The van der Waals surface area contributed by atoms with Crippen LogP contribution in [0.4, 0.5) is 0 Å². The van der Waals surface area contributed by atoms with Crippen LogP contribution in [0.5, 0.6) is 17.2 Å². The average molecular weight is 264 g/mol. The van der Waals surface area contributed by atoms with Gasteiger partial charge in [-0.1, -0.05) is 12.8 Å². The van der Waals surface area contributed by atoms with Crippen LogP contribution in [0.2, 0.25) is 0 Å². The van der Waals surface area contributed by atoms with Crippen molar-refractivity contribution in [1.82, 2.24) is 0 Å². The second-order valence-electron chi connectivity index (χ2n) is 5.00. The maximum absolute atomic E-state index is 11.8. The van der Waals surface area contributed by atoms with Crippen molar-refractivity contribution in [3.8, 4) is 17.2 Å². The summed E-state index contributed by atoms with van der Waals surface area (Å²) in [5, 5.41) is 9.66. The van der Waals surface area contributed by atoms with E-state index in [-0.39, 0.29) is 6.79 Å². The van der Waals surface area contributed by atoms with Crippen LogP contribution in [0.25, 0.3) is 0 Å². The second kappa shape index (κ2) is 4.33. The van der Waals surface area contributed by atoms with Gasteiger partial charge in [-0.05, 0) is 18.9 Å². The minimum absolute atomic E-state index is 0.169. The van der Waals surface area contributed by atoms with Crippen molar-refractivity contribution in [3.05, 3.63) is 17.7 Å². The van der Waals surface area contributed by atoms with Crippen molar-refractivity contribution >= 4 is 5.97 Å². The van der Waals surface area contributed by atoms with E-state index >= 15 is 0 Å². The van der Waals surface area contributed by atoms with Gasteiger partial charge in [0.2, 0.25) is 6.79 Å². The standard InChI is InChI=1S/C14H16O5/c1-17-10-7-12-11(18-8-19-12)6-9(10)14(13(15)16)4-2-3-5-14/h6-7H,2-5,8H2,1H3,(H,15,16). The van der Waals surface area contributed by atoms with E-state index in [9.17, 15) is 9.90 Å². The number of carbonyl (C=O) groups is 1. The molecule has 0 radical (unpaired) electrons. The fourth-order valence-electron chi connectivity index (χ4n) is 3.04. The van der Waals surface area contributed by atoms with Crippen LogP contribution in [0, 0.1) is 0 Å². The molecule has 5 heteroatoms. The number of rotatable bonds is 3. The molecule has 1 aromatic rings. The Morgan fingerprint density at radius 2 is 1.89 bits per heavy atom. The van der Waals surface area contributed by atoms with Crippen LogP contribution in [0.15, 0.2) is 12.1 Å². The van der Waals surface area contributed by atoms with Crippen molar-refractivity contribution in [1.29, 1.82) is 0 Å². The van der Waals surface area contributed by atoms with E-state index in [1.807, 2.05) is 0 Å². The number of methoxy groups -OCH3 is 1. The quantitative estimate of drug-likeness (QED) is 0.907. The first-order chi connectivity index (χ1) is 9.17. The normalized spacial score (nSPS) is 19.4. The third kappa shape index (κ3) is 1.72. The van der Waals surface area contributed by atoms with Crippen molar-refractivity contribution in [3.63, 3.8) is 0 Å². The average Bonchev–Trinajstić information content (AvgIpc) is 3.06. The van der Waals surface area contributed by atoms with E-state index in [1.54, 1.807) is 19.2 Å². The van der Waals surface area contributed by atoms with Gasteiger partial charge < -0.3 is 19.3 Å². The molecule has 0 unspecified atom stereocenters. The van der Waals surface area contributed by atoms with E-state index in [1.165, 1.54) is 0 Å². The van der Waals surface area contributed by atoms with Crippen LogP contribution in [-0.4, -0.2) is 25.0 Å². The summed E-state index contributed by atoms with van der Waals surface area (Å²) in [6, 6.07) is 3.49. The lowest BCUT2D eigenvalue weighted by Gasteiger charge is -2.26. The molecule has 1 aliphatic heterocycles. The Labute approximate surface area is 111 Å². The number of hydrogen-bond donors (Lipinski definition) is 1. The molecule has 1 N–H and O–H groups in total. The van der Waals surface area contributed by atoms with Crippen molar-refractivity contribution in [2.24, 2.45) is 0 Å². The Balaban J connectivity index is 2.15.